The number of hydrogen-bond acceptors (Lipinski definition) is 3. The largest absolute Gasteiger partial charge is 0.347 e. The molecule has 0 radical (unpaired) electrons. The second kappa shape index (κ2) is 7.70. The highest BCUT2D eigenvalue weighted by atomic mass is 35.5. The van der Waals surface area contributed by atoms with Crippen LogP contribution in [-0.2, 0) is 8.60 Å². The van der Waals surface area contributed by atoms with E-state index in [1.165, 1.54) is 0 Å². The molecule has 1 atom stereocenters. The monoisotopic (exact) mass is 186 g/mol. The first-order chi connectivity index (χ1) is 4.81. The van der Waals surface area contributed by atoms with Crippen LogP contribution < -0.4 is 0 Å². The molecule has 0 aromatic carbocycles. The first-order valence-corrected chi connectivity index (χ1v) is 4.65. The molecular formula is C5H12ClO3P. The molecule has 0 aromatic heterocycles. The summed E-state index contributed by atoms with van der Waals surface area (Å²) in [5.41, 5.74) is 0. The standard InChI is InChI=1S/C5H12ClO3P/c1-2-3-4-5-8-10(7)9-6/h7H,2-5H2,1H3. The zero-order chi connectivity index (χ0) is 7.82. The highest BCUT2D eigenvalue weighted by Gasteiger charge is 2.02. The van der Waals surface area contributed by atoms with E-state index in [9.17, 15) is 0 Å². The molecule has 0 bridgehead atoms. The molecule has 0 rings (SSSR count). The summed E-state index contributed by atoms with van der Waals surface area (Å²) in [4.78, 5) is 8.65. The van der Waals surface area contributed by atoms with E-state index >= 15 is 0 Å². The van der Waals surface area contributed by atoms with Crippen molar-refractivity contribution in [1.82, 2.24) is 0 Å². The molecule has 0 aliphatic carbocycles. The summed E-state index contributed by atoms with van der Waals surface area (Å²) >= 11 is 4.82. The van der Waals surface area contributed by atoms with Crippen molar-refractivity contribution in [3.63, 3.8) is 0 Å². The Hall–Kier alpha value is 0.600. The minimum atomic E-state index is -1.83. The fourth-order valence-corrected chi connectivity index (χ4v) is 0.959. The molecule has 0 saturated carbocycles. The second-order valence-electron chi connectivity index (χ2n) is 1.85. The Kier molecular flexibility index (Phi) is 8.17. The van der Waals surface area contributed by atoms with E-state index in [1.807, 2.05) is 0 Å². The fourth-order valence-electron chi connectivity index (χ4n) is 0.515. The van der Waals surface area contributed by atoms with Crippen LogP contribution in [0.15, 0.2) is 0 Å². The van der Waals surface area contributed by atoms with Crippen LogP contribution in [0.1, 0.15) is 26.2 Å². The second-order valence-corrected chi connectivity index (χ2v) is 3.13. The van der Waals surface area contributed by atoms with Crippen molar-refractivity contribution in [2.75, 3.05) is 6.61 Å². The lowest BCUT2D eigenvalue weighted by Gasteiger charge is -2.03. The van der Waals surface area contributed by atoms with Crippen LogP contribution >= 0.6 is 20.5 Å². The SMILES string of the molecule is CCCCCOP(O)OCl. The van der Waals surface area contributed by atoms with Crippen molar-refractivity contribution >= 4 is 20.5 Å². The third-order valence-corrected chi connectivity index (χ3v) is 1.88. The van der Waals surface area contributed by atoms with Crippen LogP contribution in [0.4, 0.5) is 0 Å². The van der Waals surface area contributed by atoms with Gasteiger partial charge in [-0.1, -0.05) is 19.8 Å². The van der Waals surface area contributed by atoms with Crippen LogP contribution in [0.3, 0.4) is 0 Å². The van der Waals surface area contributed by atoms with Crippen LogP contribution in [0.2, 0.25) is 0 Å². The first-order valence-electron chi connectivity index (χ1n) is 3.22. The van der Waals surface area contributed by atoms with Gasteiger partial charge in [0.2, 0.25) is 0 Å². The molecule has 0 saturated heterocycles. The van der Waals surface area contributed by atoms with Gasteiger partial charge in [-0.3, -0.25) is 0 Å². The Balaban J connectivity index is 2.89. The maximum Gasteiger partial charge on any atom is 0.347 e. The third-order valence-electron chi connectivity index (χ3n) is 1.01. The van der Waals surface area contributed by atoms with Crippen LogP contribution in [0.5, 0.6) is 0 Å². The Morgan fingerprint density at radius 3 is 2.70 bits per heavy atom. The molecule has 62 valence electrons. The van der Waals surface area contributed by atoms with E-state index in [0.29, 0.717) is 6.61 Å². The van der Waals surface area contributed by atoms with Gasteiger partial charge in [-0.05, 0) is 6.42 Å². The summed E-state index contributed by atoms with van der Waals surface area (Å²) in [6.45, 7) is 2.61. The van der Waals surface area contributed by atoms with Gasteiger partial charge in [0.05, 0.1) is 18.5 Å². The Morgan fingerprint density at radius 1 is 1.50 bits per heavy atom. The molecule has 10 heavy (non-hydrogen) atoms. The number of halogens is 1. The summed E-state index contributed by atoms with van der Waals surface area (Å²) in [6.07, 6.45) is 3.18. The highest BCUT2D eigenvalue weighted by molar-refractivity contribution is 7.41. The molecule has 5 heteroatoms. The van der Waals surface area contributed by atoms with Crippen molar-refractivity contribution < 1.29 is 13.5 Å². The number of rotatable bonds is 6. The summed E-state index contributed by atoms with van der Waals surface area (Å²) in [5, 5.41) is 0. The molecule has 0 aliphatic rings. The van der Waals surface area contributed by atoms with Crippen LogP contribution in [-0.4, -0.2) is 11.5 Å². The summed E-state index contributed by atoms with van der Waals surface area (Å²) in [7, 11) is -1.83. The summed E-state index contributed by atoms with van der Waals surface area (Å²) in [5.74, 6) is 0. The van der Waals surface area contributed by atoms with Crippen LogP contribution in [0, 0.1) is 0 Å². The van der Waals surface area contributed by atoms with E-state index in [4.69, 9.17) is 21.3 Å². The van der Waals surface area contributed by atoms with Crippen LogP contribution in [0.25, 0.3) is 0 Å². The topological polar surface area (TPSA) is 38.7 Å². The van der Waals surface area contributed by atoms with E-state index in [2.05, 4.69) is 11.0 Å². The van der Waals surface area contributed by atoms with Crippen molar-refractivity contribution in [2.24, 2.45) is 0 Å². The minimum absolute atomic E-state index is 0.517. The van der Waals surface area contributed by atoms with Crippen molar-refractivity contribution in [3.8, 4) is 0 Å². The zero-order valence-corrected chi connectivity index (χ0v) is 7.57. The van der Waals surface area contributed by atoms with Gasteiger partial charge in [-0.25, -0.2) is 0 Å². The van der Waals surface area contributed by atoms with E-state index < -0.39 is 8.60 Å². The smallest absolute Gasteiger partial charge is 0.327 e. The van der Waals surface area contributed by atoms with E-state index in [-0.39, 0.29) is 0 Å². The van der Waals surface area contributed by atoms with E-state index in [0.717, 1.165) is 19.3 Å². The van der Waals surface area contributed by atoms with Crippen molar-refractivity contribution in [1.29, 1.82) is 0 Å². The van der Waals surface area contributed by atoms with Crippen molar-refractivity contribution in [2.45, 2.75) is 26.2 Å². The lowest BCUT2D eigenvalue weighted by Crippen LogP contribution is -1.88. The van der Waals surface area contributed by atoms with Gasteiger partial charge in [0.25, 0.3) is 0 Å². The molecule has 0 spiro atoms. The molecule has 0 aliphatic heterocycles. The highest BCUT2D eigenvalue weighted by Crippen LogP contribution is 2.34. The van der Waals surface area contributed by atoms with Crippen molar-refractivity contribution in [3.05, 3.63) is 0 Å². The summed E-state index contributed by atoms with van der Waals surface area (Å²) in [6, 6.07) is 0. The average Bonchev–Trinajstić information content (AvgIpc) is 1.98. The Labute approximate surface area is 67.5 Å². The van der Waals surface area contributed by atoms with Gasteiger partial charge in [0, 0.05) is 0 Å². The fraction of sp³-hybridized carbons (Fsp3) is 1.00. The maximum atomic E-state index is 8.65. The summed E-state index contributed by atoms with van der Waals surface area (Å²) < 4.78 is 8.76. The Morgan fingerprint density at radius 2 is 2.20 bits per heavy atom. The lowest BCUT2D eigenvalue weighted by molar-refractivity contribution is 0.259. The first kappa shape index (κ1) is 10.6. The van der Waals surface area contributed by atoms with Gasteiger partial charge in [0.1, 0.15) is 0 Å². The predicted molar refractivity (Wildman–Crippen MR) is 41.6 cm³/mol. The molecular weight excluding hydrogens is 174 g/mol. The minimum Gasteiger partial charge on any atom is -0.327 e. The van der Waals surface area contributed by atoms with E-state index in [1.54, 1.807) is 0 Å². The average molecular weight is 187 g/mol. The zero-order valence-electron chi connectivity index (χ0n) is 5.92. The predicted octanol–water partition coefficient (Wildman–Crippen LogP) is 2.58. The van der Waals surface area contributed by atoms with Gasteiger partial charge in [-0.15, -0.1) is 0 Å². The molecule has 0 amide bonds. The molecule has 0 fully saturated rings. The quantitative estimate of drug-likeness (QED) is 0.512. The van der Waals surface area contributed by atoms with Gasteiger partial charge < -0.3 is 9.42 Å². The molecule has 3 nitrogen and oxygen atoms in total. The molecule has 0 heterocycles. The van der Waals surface area contributed by atoms with Gasteiger partial charge >= 0.3 is 8.60 Å². The maximum absolute atomic E-state index is 8.65. The molecule has 1 unspecified atom stereocenters. The van der Waals surface area contributed by atoms with Gasteiger partial charge in [-0.2, -0.15) is 4.08 Å². The molecule has 0 aromatic rings. The third kappa shape index (κ3) is 6.72. The lowest BCUT2D eigenvalue weighted by atomic mass is 10.3. The Bertz CT molecular complexity index is 73.9. The normalized spacial score (nSPS) is 13.5. The number of hydrogen-bond donors (Lipinski definition) is 1. The number of unbranched alkanes of at least 4 members (excludes halogenated alkanes) is 2. The van der Waals surface area contributed by atoms with Gasteiger partial charge in [0.15, 0.2) is 0 Å². The molecule has 1 N–H and O–H groups in total.